The molecule has 4 heterocycles. The van der Waals surface area contributed by atoms with Crippen molar-refractivity contribution >= 4 is 17.0 Å². The molecule has 0 saturated carbocycles. The predicted molar refractivity (Wildman–Crippen MR) is 120 cm³/mol. The molecule has 154 valence electrons. The van der Waals surface area contributed by atoms with E-state index in [1.807, 2.05) is 23.7 Å². The van der Waals surface area contributed by atoms with Crippen molar-refractivity contribution in [1.82, 2.24) is 24.2 Å². The van der Waals surface area contributed by atoms with Crippen LogP contribution in [0.3, 0.4) is 0 Å². The molecule has 30 heavy (non-hydrogen) atoms. The smallest absolute Gasteiger partial charge is 0.137 e. The van der Waals surface area contributed by atoms with E-state index in [0.717, 1.165) is 54.5 Å². The highest BCUT2D eigenvalue weighted by atomic mass is 32.1. The van der Waals surface area contributed by atoms with E-state index in [2.05, 4.69) is 62.8 Å². The van der Waals surface area contributed by atoms with Gasteiger partial charge in [0, 0.05) is 37.4 Å². The number of rotatable bonds is 5. The molecule has 0 amide bonds. The van der Waals surface area contributed by atoms with E-state index >= 15 is 0 Å². The summed E-state index contributed by atoms with van der Waals surface area (Å²) in [5, 5.41) is 3.22. The zero-order valence-corrected chi connectivity index (χ0v) is 18.0. The van der Waals surface area contributed by atoms with Crippen LogP contribution < -0.4 is 4.74 Å². The Morgan fingerprint density at radius 2 is 2.00 bits per heavy atom. The molecule has 6 nitrogen and oxygen atoms in total. The quantitative estimate of drug-likeness (QED) is 0.490. The predicted octanol–water partition coefficient (Wildman–Crippen LogP) is 3.96. The largest absolute Gasteiger partial charge is 0.497 e. The Bertz CT molecular complexity index is 1120. The second-order valence-corrected chi connectivity index (χ2v) is 8.67. The van der Waals surface area contributed by atoms with Crippen molar-refractivity contribution in [3.05, 3.63) is 70.9 Å². The van der Waals surface area contributed by atoms with E-state index in [9.17, 15) is 0 Å². The van der Waals surface area contributed by atoms with Gasteiger partial charge >= 0.3 is 0 Å². The van der Waals surface area contributed by atoms with Crippen molar-refractivity contribution in [1.29, 1.82) is 0 Å². The number of piperazine rings is 1. The van der Waals surface area contributed by atoms with Crippen LogP contribution >= 0.6 is 11.3 Å². The summed E-state index contributed by atoms with van der Waals surface area (Å²) in [6.45, 7) is 3.94. The summed E-state index contributed by atoms with van der Waals surface area (Å²) in [4.78, 5) is 14.3. The first kappa shape index (κ1) is 19.2. The van der Waals surface area contributed by atoms with Crippen LogP contribution in [0.2, 0.25) is 0 Å². The number of pyridine rings is 1. The number of imidazole rings is 1. The maximum atomic E-state index is 5.30. The standard InChI is InChI=1S/C23H25N5OS/c1-26-11-12-27(16-23-24-10-13-30-23)15-21(26)19-14-28-20(4-3-5-22(28)25-19)17-6-8-18(29-2)9-7-17/h3-10,13-14,21H,11-12,15-16H2,1-2H3. The molecule has 1 atom stereocenters. The van der Waals surface area contributed by atoms with Gasteiger partial charge in [-0.1, -0.05) is 6.07 Å². The molecule has 0 radical (unpaired) electrons. The highest BCUT2D eigenvalue weighted by Crippen LogP contribution is 2.28. The van der Waals surface area contributed by atoms with Gasteiger partial charge in [0.1, 0.15) is 16.4 Å². The fourth-order valence-corrected chi connectivity index (χ4v) is 4.76. The van der Waals surface area contributed by atoms with Crippen LogP contribution in [-0.4, -0.2) is 58.0 Å². The van der Waals surface area contributed by atoms with Crippen LogP contribution in [0.4, 0.5) is 0 Å². The lowest BCUT2D eigenvalue weighted by molar-refractivity contribution is 0.0885. The van der Waals surface area contributed by atoms with Crippen molar-refractivity contribution in [3.8, 4) is 17.0 Å². The molecular formula is C23H25N5OS. The highest BCUT2D eigenvalue weighted by Gasteiger charge is 2.28. The molecule has 1 aliphatic rings. The number of hydrogen-bond donors (Lipinski definition) is 0. The number of methoxy groups -OCH3 is 1. The summed E-state index contributed by atoms with van der Waals surface area (Å²) in [6.07, 6.45) is 4.08. The van der Waals surface area contributed by atoms with Crippen LogP contribution in [0.1, 0.15) is 16.7 Å². The minimum absolute atomic E-state index is 0.266. The van der Waals surface area contributed by atoms with Gasteiger partial charge in [-0.15, -0.1) is 11.3 Å². The third-order valence-corrected chi connectivity index (χ3v) is 6.58. The molecule has 3 aromatic heterocycles. The topological polar surface area (TPSA) is 45.9 Å². The normalized spacial score (nSPS) is 18.1. The first-order chi connectivity index (χ1) is 14.7. The van der Waals surface area contributed by atoms with E-state index in [1.54, 1.807) is 18.4 Å². The maximum Gasteiger partial charge on any atom is 0.137 e. The average Bonchev–Trinajstić information content (AvgIpc) is 3.44. The number of benzene rings is 1. The van der Waals surface area contributed by atoms with Crippen LogP contribution in [0, 0.1) is 0 Å². The van der Waals surface area contributed by atoms with Crippen LogP contribution in [0.15, 0.2) is 60.2 Å². The second kappa shape index (κ2) is 8.18. The molecule has 5 rings (SSSR count). The van der Waals surface area contributed by atoms with E-state index in [1.165, 1.54) is 5.01 Å². The molecule has 1 aromatic carbocycles. The van der Waals surface area contributed by atoms with Crippen molar-refractivity contribution in [2.45, 2.75) is 12.6 Å². The first-order valence-corrected chi connectivity index (χ1v) is 11.0. The van der Waals surface area contributed by atoms with Crippen LogP contribution in [0.5, 0.6) is 5.75 Å². The molecule has 0 aliphatic carbocycles. The number of thiazole rings is 1. The van der Waals surface area contributed by atoms with Gasteiger partial charge < -0.3 is 4.74 Å². The molecule has 7 heteroatoms. The molecule has 1 fully saturated rings. The van der Waals surface area contributed by atoms with Gasteiger partial charge in [-0.25, -0.2) is 9.97 Å². The Morgan fingerprint density at radius 3 is 2.77 bits per heavy atom. The Kier molecular flexibility index (Phi) is 5.25. The molecule has 4 aromatic rings. The van der Waals surface area contributed by atoms with Gasteiger partial charge in [0.05, 0.1) is 31.1 Å². The minimum Gasteiger partial charge on any atom is -0.497 e. The third kappa shape index (κ3) is 3.71. The number of likely N-dealkylation sites (N-methyl/N-ethyl adjacent to an activating group) is 1. The Morgan fingerprint density at radius 1 is 1.13 bits per heavy atom. The van der Waals surface area contributed by atoms with E-state index in [4.69, 9.17) is 9.72 Å². The SMILES string of the molecule is COc1ccc(-c2cccc3nc(C4CN(Cc5nccs5)CCN4C)cn23)cc1. The number of ether oxygens (including phenoxy) is 1. The van der Waals surface area contributed by atoms with Gasteiger partial charge in [-0.3, -0.25) is 14.2 Å². The van der Waals surface area contributed by atoms with Crippen molar-refractivity contribution in [2.24, 2.45) is 0 Å². The minimum atomic E-state index is 0.266. The van der Waals surface area contributed by atoms with Gasteiger partial charge in [0.15, 0.2) is 0 Å². The van der Waals surface area contributed by atoms with Crippen molar-refractivity contribution < 1.29 is 4.74 Å². The Hall–Kier alpha value is -2.74. The second-order valence-electron chi connectivity index (χ2n) is 7.69. The molecule has 0 spiro atoms. The summed E-state index contributed by atoms with van der Waals surface area (Å²) in [7, 11) is 3.89. The molecule has 0 N–H and O–H groups in total. The maximum absolute atomic E-state index is 5.30. The number of fused-ring (bicyclic) bond motifs is 1. The van der Waals surface area contributed by atoms with Gasteiger partial charge in [-0.05, 0) is 49.0 Å². The molecular weight excluding hydrogens is 394 g/mol. The summed E-state index contributed by atoms with van der Waals surface area (Å²) in [5.74, 6) is 0.862. The lowest BCUT2D eigenvalue weighted by Crippen LogP contribution is -2.46. The summed E-state index contributed by atoms with van der Waals surface area (Å²) in [6, 6.07) is 14.7. The van der Waals surface area contributed by atoms with Crippen LogP contribution in [-0.2, 0) is 6.54 Å². The monoisotopic (exact) mass is 419 g/mol. The molecule has 1 unspecified atom stereocenters. The van der Waals surface area contributed by atoms with Gasteiger partial charge in [0.2, 0.25) is 0 Å². The van der Waals surface area contributed by atoms with Crippen molar-refractivity contribution in [2.75, 3.05) is 33.8 Å². The highest BCUT2D eigenvalue weighted by molar-refractivity contribution is 7.09. The molecule has 1 saturated heterocycles. The third-order valence-electron chi connectivity index (χ3n) is 5.81. The zero-order chi connectivity index (χ0) is 20.5. The fraction of sp³-hybridized carbons (Fsp3) is 0.304. The molecule has 1 aliphatic heterocycles. The van der Waals surface area contributed by atoms with Gasteiger partial charge in [0.25, 0.3) is 0 Å². The van der Waals surface area contributed by atoms with E-state index in [0.29, 0.717) is 0 Å². The van der Waals surface area contributed by atoms with Crippen LogP contribution in [0.25, 0.3) is 16.9 Å². The fourth-order valence-electron chi connectivity index (χ4n) is 4.10. The van der Waals surface area contributed by atoms with Crippen molar-refractivity contribution in [3.63, 3.8) is 0 Å². The zero-order valence-electron chi connectivity index (χ0n) is 17.2. The molecule has 0 bridgehead atoms. The lowest BCUT2D eigenvalue weighted by Gasteiger charge is -2.38. The van der Waals surface area contributed by atoms with E-state index in [-0.39, 0.29) is 6.04 Å². The number of nitrogens with zero attached hydrogens (tertiary/aromatic N) is 5. The average molecular weight is 420 g/mol. The van der Waals surface area contributed by atoms with Gasteiger partial charge in [-0.2, -0.15) is 0 Å². The lowest BCUT2D eigenvalue weighted by atomic mass is 10.1. The first-order valence-electron chi connectivity index (χ1n) is 10.1. The number of aromatic nitrogens is 3. The Balaban J connectivity index is 1.45. The van der Waals surface area contributed by atoms with E-state index < -0.39 is 0 Å². The number of hydrogen-bond acceptors (Lipinski definition) is 6. The summed E-state index contributed by atoms with van der Waals surface area (Å²) < 4.78 is 7.50. The Labute approximate surface area is 180 Å². The summed E-state index contributed by atoms with van der Waals surface area (Å²) in [5.41, 5.74) is 4.37. The summed E-state index contributed by atoms with van der Waals surface area (Å²) >= 11 is 1.73.